The van der Waals surface area contributed by atoms with Crippen molar-refractivity contribution in [1.82, 2.24) is 20.5 Å². The van der Waals surface area contributed by atoms with Crippen LogP contribution >= 0.6 is 0 Å². The van der Waals surface area contributed by atoms with Crippen molar-refractivity contribution in [3.63, 3.8) is 0 Å². The van der Waals surface area contributed by atoms with E-state index in [2.05, 4.69) is 22.5 Å². The summed E-state index contributed by atoms with van der Waals surface area (Å²) in [5, 5.41) is 6.77. The summed E-state index contributed by atoms with van der Waals surface area (Å²) in [6.07, 6.45) is 4.17. The lowest BCUT2D eigenvalue weighted by molar-refractivity contribution is 0.0963. The molecule has 0 radical (unpaired) electrons. The van der Waals surface area contributed by atoms with Gasteiger partial charge in [-0.1, -0.05) is 13.0 Å². The highest BCUT2D eigenvalue weighted by Crippen LogP contribution is 2.16. The first kappa shape index (κ1) is 21.8. The molecule has 28 heavy (non-hydrogen) atoms. The Labute approximate surface area is 167 Å². The van der Waals surface area contributed by atoms with Gasteiger partial charge in [-0.3, -0.25) is 0 Å². The third-order valence-electron chi connectivity index (χ3n) is 4.41. The van der Waals surface area contributed by atoms with Gasteiger partial charge in [0.1, 0.15) is 0 Å². The fourth-order valence-electron chi connectivity index (χ4n) is 2.97. The first-order valence-corrected chi connectivity index (χ1v) is 10.2. The fourth-order valence-corrected chi connectivity index (χ4v) is 2.97. The van der Waals surface area contributed by atoms with Crippen LogP contribution in [0.1, 0.15) is 45.6 Å². The van der Waals surface area contributed by atoms with Gasteiger partial charge in [0.2, 0.25) is 5.88 Å². The van der Waals surface area contributed by atoms with Crippen LogP contribution in [-0.4, -0.2) is 60.8 Å². The van der Waals surface area contributed by atoms with Crippen molar-refractivity contribution >= 4 is 12.1 Å². The molecule has 2 N–H and O–H groups in total. The van der Waals surface area contributed by atoms with Gasteiger partial charge in [0.15, 0.2) is 5.96 Å². The number of ether oxygens (including phenoxy) is 2. The van der Waals surface area contributed by atoms with Crippen LogP contribution < -0.4 is 15.4 Å². The average Bonchev–Trinajstić information content (AvgIpc) is 2.72. The number of carbonyl (C=O) groups excluding carboxylic acids is 1. The largest absolute Gasteiger partial charge is 0.477 e. The van der Waals surface area contributed by atoms with Crippen molar-refractivity contribution in [2.75, 3.05) is 32.8 Å². The molecular weight excluding hydrogens is 358 g/mol. The molecule has 156 valence electrons. The zero-order valence-corrected chi connectivity index (χ0v) is 17.2. The van der Waals surface area contributed by atoms with Crippen LogP contribution in [0.4, 0.5) is 4.79 Å². The van der Waals surface area contributed by atoms with Gasteiger partial charge in [0.05, 0.1) is 19.8 Å². The van der Waals surface area contributed by atoms with Crippen LogP contribution in [0.2, 0.25) is 0 Å². The summed E-state index contributed by atoms with van der Waals surface area (Å²) in [5.41, 5.74) is 0.963. The van der Waals surface area contributed by atoms with Crippen molar-refractivity contribution < 1.29 is 14.3 Å². The highest BCUT2D eigenvalue weighted by Gasteiger charge is 2.24. The third-order valence-corrected chi connectivity index (χ3v) is 4.41. The molecule has 1 aromatic heterocycles. The second-order valence-corrected chi connectivity index (χ2v) is 6.62. The highest BCUT2D eigenvalue weighted by molar-refractivity contribution is 5.80. The molecule has 8 heteroatoms. The number of amides is 1. The van der Waals surface area contributed by atoms with Gasteiger partial charge in [-0.25, -0.2) is 14.8 Å². The number of nitrogens with one attached hydrogen (secondary N) is 2. The number of likely N-dealkylation sites (tertiary alicyclic amines) is 1. The van der Waals surface area contributed by atoms with E-state index in [0.29, 0.717) is 38.7 Å². The Kier molecular flexibility index (Phi) is 9.37. The molecule has 0 aliphatic carbocycles. The molecule has 1 saturated heterocycles. The Bertz CT molecular complexity index is 630. The van der Waals surface area contributed by atoms with Crippen LogP contribution in [0.3, 0.4) is 0 Å². The Morgan fingerprint density at radius 3 is 2.79 bits per heavy atom. The first-order chi connectivity index (χ1) is 13.7. The summed E-state index contributed by atoms with van der Waals surface area (Å²) >= 11 is 0. The highest BCUT2D eigenvalue weighted by atomic mass is 16.6. The maximum Gasteiger partial charge on any atom is 0.409 e. The lowest BCUT2D eigenvalue weighted by Crippen LogP contribution is -2.49. The van der Waals surface area contributed by atoms with Crippen LogP contribution in [0, 0.1) is 0 Å². The maximum absolute atomic E-state index is 11.8. The predicted molar refractivity (Wildman–Crippen MR) is 110 cm³/mol. The molecule has 0 bridgehead atoms. The molecule has 2 rings (SSSR count). The molecule has 0 atom stereocenters. The lowest BCUT2D eigenvalue weighted by atomic mass is 10.1. The van der Waals surface area contributed by atoms with Gasteiger partial charge >= 0.3 is 6.09 Å². The quantitative estimate of drug-likeness (QED) is 0.523. The van der Waals surface area contributed by atoms with Crippen LogP contribution in [0.15, 0.2) is 23.3 Å². The summed E-state index contributed by atoms with van der Waals surface area (Å²) in [6.45, 7) is 9.64. The van der Waals surface area contributed by atoms with E-state index in [9.17, 15) is 4.79 Å². The minimum absolute atomic E-state index is 0.224. The number of hydrogen-bond donors (Lipinski definition) is 2. The summed E-state index contributed by atoms with van der Waals surface area (Å²) in [5.74, 6) is 1.41. The van der Waals surface area contributed by atoms with Crippen molar-refractivity contribution in [3.05, 3.63) is 23.9 Å². The number of carbonyl (C=O) groups is 1. The second kappa shape index (κ2) is 12.0. The lowest BCUT2D eigenvalue weighted by Gasteiger charge is -2.32. The zero-order valence-electron chi connectivity index (χ0n) is 17.2. The van der Waals surface area contributed by atoms with E-state index in [0.717, 1.165) is 37.3 Å². The van der Waals surface area contributed by atoms with Gasteiger partial charge in [-0.15, -0.1) is 0 Å². The Morgan fingerprint density at radius 2 is 2.11 bits per heavy atom. The van der Waals surface area contributed by atoms with E-state index in [1.165, 1.54) is 0 Å². The molecule has 1 fully saturated rings. The number of aliphatic imine (C=N–C) groups is 1. The average molecular weight is 392 g/mol. The van der Waals surface area contributed by atoms with Gasteiger partial charge in [-0.05, 0) is 39.2 Å². The van der Waals surface area contributed by atoms with Crippen LogP contribution in [-0.2, 0) is 11.3 Å². The number of piperidine rings is 1. The number of hydrogen-bond acceptors (Lipinski definition) is 5. The van der Waals surface area contributed by atoms with E-state index in [1.54, 1.807) is 11.1 Å². The smallest absolute Gasteiger partial charge is 0.409 e. The Morgan fingerprint density at radius 1 is 1.32 bits per heavy atom. The monoisotopic (exact) mass is 391 g/mol. The molecule has 0 aromatic carbocycles. The molecule has 1 aliphatic heterocycles. The minimum Gasteiger partial charge on any atom is -0.477 e. The predicted octanol–water partition coefficient (Wildman–Crippen LogP) is 2.55. The van der Waals surface area contributed by atoms with Gasteiger partial charge in [0, 0.05) is 37.4 Å². The van der Waals surface area contributed by atoms with Crippen molar-refractivity contribution in [2.45, 2.75) is 52.6 Å². The number of guanidine groups is 1. The van der Waals surface area contributed by atoms with Gasteiger partial charge < -0.3 is 25.0 Å². The molecule has 2 heterocycles. The zero-order chi connectivity index (χ0) is 20.2. The van der Waals surface area contributed by atoms with E-state index in [-0.39, 0.29) is 12.1 Å². The summed E-state index contributed by atoms with van der Waals surface area (Å²) in [7, 11) is 0. The van der Waals surface area contributed by atoms with E-state index >= 15 is 0 Å². The molecule has 0 saturated carbocycles. The molecule has 1 amide bonds. The van der Waals surface area contributed by atoms with E-state index < -0.39 is 0 Å². The number of pyridine rings is 1. The Balaban J connectivity index is 1.92. The summed E-state index contributed by atoms with van der Waals surface area (Å²) < 4.78 is 10.8. The van der Waals surface area contributed by atoms with Gasteiger partial charge in [0.25, 0.3) is 0 Å². The summed E-state index contributed by atoms with van der Waals surface area (Å²) in [4.78, 5) is 22.6. The second-order valence-electron chi connectivity index (χ2n) is 6.62. The normalized spacial score (nSPS) is 15.2. The third kappa shape index (κ3) is 6.90. The molecular formula is C20H33N5O3. The van der Waals surface area contributed by atoms with E-state index in [4.69, 9.17) is 14.5 Å². The van der Waals surface area contributed by atoms with Crippen molar-refractivity contribution in [2.24, 2.45) is 4.99 Å². The standard InChI is InChI=1S/C20H33N5O3/c1-4-14-28-18-16(8-7-11-22-18)15-23-19(21-5-2)24-17-9-12-25(13-10-17)20(26)27-6-3/h7-8,11,17H,4-6,9-10,12-15H2,1-3H3,(H2,21,23,24). The number of aromatic nitrogens is 1. The minimum atomic E-state index is -0.224. The summed E-state index contributed by atoms with van der Waals surface area (Å²) in [6, 6.07) is 4.16. The Hall–Kier alpha value is -2.51. The number of rotatable bonds is 8. The maximum atomic E-state index is 11.8. The first-order valence-electron chi connectivity index (χ1n) is 10.2. The SMILES string of the molecule is CCCOc1ncccc1CN=C(NCC)NC1CCN(C(=O)OCC)CC1. The van der Waals surface area contributed by atoms with E-state index in [1.807, 2.05) is 26.0 Å². The molecule has 8 nitrogen and oxygen atoms in total. The topological polar surface area (TPSA) is 88.1 Å². The van der Waals surface area contributed by atoms with Crippen molar-refractivity contribution in [1.29, 1.82) is 0 Å². The molecule has 1 aromatic rings. The van der Waals surface area contributed by atoms with Gasteiger partial charge in [-0.2, -0.15) is 0 Å². The molecule has 1 aliphatic rings. The number of nitrogens with zero attached hydrogens (tertiary/aromatic N) is 3. The van der Waals surface area contributed by atoms with Crippen LogP contribution in [0.5, 0.6) is 5.88 Å². The van der Waals surface area contributed by atoms with Crippen molar-refractivity contribution in [3.8, 4) is 5.88 Å². The molecule has 0 spiro atoms. The fraction of sp³-hybridized carbons (Fsp3) is 0.650. The van der Waals surface area contributed by atoms with Crippen LogP contribution in [0.25, 0.3) is 0 Å². The molecule has 0 unspecified atom stereocenters.